The minimum absolute atomic E-state index is 0.193. The number of hydrogen-bond acceptors (Lipinski definition) is 4. The number of rotatable bonds is 7. The molecule has 7 heteroatoms. The molecule has 28 heavy (non-hydrogen) atoms. The van der Waals surface area contributed by atoms with Crippen LogP contribution in [-0.2, 0) is 24.5 Å². The molecule has 1 aliphatic heterocycles. The number of ether oxygens (including phenoxy) is 1. The fraction of sp³-hybridized carbons (Fsp3) is 0.333. The van der Waals surface area contributed by atoms with Crippen LogP contribution in [0.25, 0.3) is 0 Å². The van der Waals surface area contributed by atoms with E-state index in [1.165, 1.54) is 12.1 Å². The molecule has 0 amide bonds. The van der Waals surface area contributed by atoms with Crippen LogP contribution < -0.4 is 0 Å². The summed E-state index contributed by atoms with van der Waals surface area (Å²) in [5.74, 6) is -1.05. The molecule has 1 fully saturated rings. The minimum Gasteiger partial charge on any atom is -0.370 e. The first-order valence-corrected chi connectivity index (χ1v) is 9.36. The molecule has 2 aromatic carbocycles. The summed E-state index contributed by atoms with van der Waals surface area (Å²) in [4.78, 5) is 2.15. The van der Waals surface area contributed by atoms with Crippen LogP contribution >= 0.6 is 0 Å². The second-order valence-electron chi connectivity index (χ2n) is 7.08. The molecular weight excluding hydrogens is 362 g/mol. The van der Waals surface area contributed by atoms with Crippen molar-refractivity contribution in [3.63, 3.8) is 0 Å². The second-order valence-corrected chi connectivity index (χ2v) is 7.08. The van der Waals surface area contributed by atoms with Gasteiger partial charge in [0.05, 0.1) is 25.5 Å². The molecule has 0 aliphatic carbocycles. The first-order valence-electron chi connectivity index (χ1n) is 9.36. The van der Waals surface area contributed by atoms with Crippen LogP contribution in [0, 0.1) is 11.6 Å². The van der Waals surface area contributed by atoms with E-state index < -0.39 is 11.6 Å². The van der Waals surface area contributed by atoms with Crippen LogP contribution in [0.15, 0.2) is 54.7 Å². The average molecular weight is 384 g/mol. The van der Waals surface area contributed by atoms with Crippen molar-refractivity contribution in [2.75, 3.05) is 13.1 Å². The van der Waals surface area contributed by atoms with Crippen LogP contribution in [0.4, 0.5) is 8.78 Å². The van der Waals surface area contributed by atoms with Gasteiger partial charge >= 0.3 is 0 Å². The molecule has 3 aromatic rings. The van der Waals surface area contributed by atoms with Crippen molar-refractivity contribution in [3.05, 3.63) is 83.2 Å². The maximum atomic E-state index is 13.9. The quantitative estimate of drug-likeness (QED) is 0.623. The van der Waals surface area contributed by atoms with Crippen molar-refractivity contribution in [2.24, 2.45) is 0 Å². The van der Waals surface area contributed by atoms with Crippen molar-refractivity contribution < 1.29 is 13.5 Å². The number of nitrogens with zero attached hydrogens (tertiary/aromatic N) is 4. The van der Waals surface area contributed by atoms with E-state index in [0.29, 0.717) is 25.3 Å². The smallest absolute Gasteiger partial charge is 0.130 e. The van der Waals surface area contributed by atoms with Crippen LogP contribution in [-0.4, -0.2) is 33.0 Å². The highest BCUT2D eigenvalue weighted by molar-refractivity contribution is 5.18. The molecular formula is C21H22F2N4O. The first kappa shape index (κ1) is 18.7. The van der Waals surface area contributed by atoms with E-state index in [0.717, 1.165) is 36.8 Å². The van der Waals surface area contributed by atoms with Gasteiger partial charge in [0, 0.05) is 31.3 Å². The Hall–Kier alpha value is -2.64. The molecule has 5 nitrogen and oxygen atoms in total. The Labute approximate surface area is 162 Å². The zero-order valence-corrected chi connectivity index (χ0v) is 15.5. The lowest BCUT2D eigenvalue weighted by molar-refractivity contribution is 0.104. The topological polar surface area (TPSA) is 43.2 Å². The highest BCUT2D eigenvalue weighted by Crippen LogP contribution is 2.23. The van der Waals surface area contributed by atoms with Crippen molar-refractivity contribution in [1.29, 1.82) is 0 Å². The standard InChI is InChI=1S/C21H22F2N4O/c22-18-7-6-17(21(23)10-18)11-26-9-8-20(13-26)27-12-19(24-25-27)15-28-14-16-4-2-1-3-5-16/h1-7,10,12,20H,8-9,11,13-15H2. The summed E-state index contributed by atoms with van der Waals surface area (Å²) in [5.41, 5.74) is 2.42. The molecule has 146 valence electrons. The molecule has 1 unspecified atom stereocenters. The molecule has 0 bridgehead atoms. The van der Waals surface area contributed by atoms with E-state index in [2.05, 4.69) is 15.2 Å². The molecule has 4 rings (SSSR count). The third kappa shape index (κ3) is 4.61. The number of hydrogen-bond donors (Lipinski definition) is 0. The van der Waals surface area contributed by atoms with E-state index in [9.17, 15) is 8.78 Å². The lowest BCUT2D eigenvalue weighted by Crippen LogP contribution is -2.22. The summed E-state index contributed by atoms with van der Waals surface area (Å²) in [5, 5.41) is 8.42. The Bertz CT molecular complexity index is 916. The van der Waals surface area contributed by atoms with Crippen LogP contribution in [0.5, 0.6) is 0 Å². The van der Waals surface area contributed by atoms with Crippen LogP contribution in [0.3, 0.4) is 0 Å². The molecule has 1 saturated heterocycles. The van der Waals surface area contributed by atoms with Crippen molar-refractivity contribution in [3.8, 4) is 0 Å². The van der Waals surface area contributed by atoms with Gasteiger partial charge in [0.15, 0.2) is 0 Å². The molecule has 0 N–H and O–H groups in total. The van der Waals surface area contributed by atoms with Crippen molar-refractivity contribution in [1.82, 2.24) is 19.9 Å². The summed E-state index contributed by atoms with van der Waals surface area (Å²) in [6.45, 7) is 3.00. The molecule has 1 atom stereocenters. The second kappa shape index (κ2) is 8.58. The number of aromatic nitrogens is 3. The monoisotopic (exact) mass is 384 g/mol. The van der Waals surface area contributed by atoms with Gasteiger partial charge in [0.25, 0.3) is 0 Å². The average Bonchev–Trinajstić information content (AvgIpc) is 3.34. The maximum absolute atomic E-state index is 13.9. The van der Waals surface area contributed by atoms with Gasteiger partial charge in [-0.1, -0.05) is 41.6 Å². The fourth-order valence-corrected chi connectivity index (χ4v) is 3.47. The van der Waals surface area contributed by atoms with Gasteiger partial charge in [0.1, 0.15) is 17.3 Å². The van der Waals surface area contributed by atoms with Gasteiger partial charge in [-0.25, -0.2) is 13.5 Å². The molecule has 2 heterocycles. The summed E-state index contributed by atoms with van der Waals surface area (Å²) in [6.07, 6.45) is 2.83. The van der Waals surface area contributed by atoms with Gasteiger partial charge in [-0.05, 0) is 18.1 Å². The number of benzene rings is 2. The van der Waals surface area contributed by atoms with Gasteiger partial charge in [0.2, 0.25) is 0 Å². The molecule has 0 spiro atoms. The zero-order valence-electron chi connectivity index (χ0n) is 15.5. The molecule has 0 radical (unpaired) electrons. The predicted molar refractivity (Wildman–Crippen MR) is 100 cm³/mol. The van der Waals surface area contributed by atoms with Crippen LogP contribution in [0.1, 0.15) is 29.3 Å². The van der Waals surface area contributed by atoms with Gasteiger partial charge in [-0.3, -0.25) is 4.90 Å². The fourth-order valence-electron chi connectivity index (χ4n) is 3.47. The highest BCUT2D eigenvalue weighted by Gasteiger charge is 2.25. The molecule has 0 saturated carbocycles. The molecule has 1 aromatic heterocycles. The summed E-state index contributed by atoms with van der Waals surface area (Å²) in [6, 6.07) is 13.9. The summed E-state index contributed by atoms with van der Waals surface area (Å²) < 4.78 is 34.5. The summed E-state index contributed by atoms with van der Waals surface area (Å²) in [7, 11) is 0. The molecule has 1 aliphatic rings. The SMILES string of the molecule is Fc1ccc(CN2CCC(n3cc(COCc4ccccc4)nn3)C2)c(F)c1. The van der Waals surface area contributed by atoms with Gasteiger partial charge in [-0.15, -0.1) is 5.10 Å². The maximum Gasteiger partial charge on any atom is 0.130 e. The van der Waals surface area contributed by atoms with Gasteiger partial charge in [-0.2, -0.15) is 0 Å². The third-order valence-electron chi connectivity index (χ3n) is 4.95. The lowest BCUT2D eigenvalue weighted by Gasteiger charge is -2.16. The van der Waals surface area contributed by atoms with E-state index in [1.807, 2.05) is 41.2 Å². The predicted octanol–water partition coefficient (Wildman–Crippen LogP) is 3.72. The Morgan fingerprint density at radius 1 is 1.07 bits per heavy atom. The minimum atomic E-state index is -0.551. The van der Waals surface area contributed by atoms with E-state index in [4.69, 9.17) is 4.74 Å². The van der Waals surface area contributed by atoms with E-state index >= 15 is 0 Å². The highest BCUT2D eigenvalue weighted by atomic mass is 19.1. The normalized spacial score (nSPS) is 17.3. The van der Waals surface area contributed by atoms with Crippen molar-refractivity contribution >= 4 is 0 Å². The third-order valence-corrected chi connectivity index (χ3v) is 4.95. The largest absolute Gasteiger partial charge is 0.370 e. The van der Waals surface area contributed by atoms with Crippen molar-refractivity contribution in [2.45, 2.75) is 32.2 Å². The Balaban J connectivity index is 1.28. The Morgan fingerprint density at radius 2 is 1.93 bits per heavy atom. The Morgan fingerprint density at radius 3 is 2.75 bits per heavy atom. The lowest BCUT2D eigenvalue weighted by atomic mass is 10.2. The Kier molecular flexibility index (Phi) is 5.73. The van der Waals surface area contributed by atoms with Gasteiger partial charge < -0.3 is 4.74 Å². The first-order chi connectivity index (χ1) is 13.7. The van der Waals surface area contributed by atoms with E-state index in [1.54, 1.807) is 0 Å². The zero-order chi connectivity index (χ0) is 19.3. The summed E-state index contributed by atoms with van der Waals surface area (Å²) >= 11 is 0. The van der Waals surface area contributed by atoms with E-state index in [-0.39, 0.29) is 6.04 Å². The number of halogens is 2. The van der Waals surface area contributed by atoms with Crippen LogP contribution in [0.2, 0.25) is 0 Å². The number of likely N-dealkylation sites (tertiary alicyclic amines) is 1.